The smallest absolute Gasteiger partial charge is 0.333 e. The quantitative estimate of drug-likeness (QED) is 0.159. The minimum Gasteiger partial charge on any atom is -0.375 e. The predicted octanol–water partition coefficient (Wildman–Crippen LogP) is 18.0. The highest BCUT2D eigenvalue weighted by Crippen LogP contribution is 2.59. The lowest BCUT2D eigenvalue weighted by atomic mass is 9.44. The van der Waals surface area contributed by atoms with E-state index in [0.29, 0.717) is 0 Å². The maximum absolute atomic E-state index is 2.82. The van der Waals surface area contributed by atoms with Crippen molar-refractivity contribution in [2.45, 2.75) is 131 Å². The van der Waals surface area contributed by atoms with E-state index in [1.54, 1.807) is 0 Å². The molecule has 4 heteroatoms. The van der Waals surface area contributed by atoms with Crippen molar-refractivity contribution in [3.63, 3.8) is 0 Å². The van der Waals surface area contributed by atoms with Crippen LogP contribution < -0.4 is 20.7 Å². The van der Waals surface area contributed by atoms with Crippen LogP contribution in [0.15, 0.2) is 164 Å². The molecule has 0 bridgehead atoms. The molecule has 3 aliphatic rings. The molecule has 0 amide bonds. The average Bonchev–Trinajstić information content (AvgIpc) is 3.85. The minimum absolute atomic E-state index is 0.0248. The molecule has 3 nitrogen and oxygen atoms in total. The van der Waals surface area contributed by atoms with Gasteiger partial charge in [-0.05, 0) is 144 Å². The second-order valence-electron chi connectivity index (χ2n) is 26.4. The first-order chi connectivity index (χ1) is 34.9. The van der Waals surface area contributed by atoms with Crippen molar-refractivity contribution in [1.29, 1.82) is 0 Å². The second-order valence-corrected chi connectivity index (χ2v) is 26.4. The highest BCUT2D eigenvalue weighted by molar-refractivity contribution is 6.89. The fourth-order valence-electron chi connectivity index (χ4n) is 12.7. The third-order valence-corrected chi connectivity index (χ3v) is 16.8. The van der Waals surface area contributed by atoms with Crippen LogP contribution >= 0.6 is 0 Å². The van der Waals surface area contributed by atoms with Crippen molar-refractivity contribution < 1.29 is 0 Å². The van der Waals surface area contributed by atoms with Gasteiger partial charge in [0, 0.05) is 61.5 Å². The van der Waals surface area contributed by atoms with Gasteiger partial charge in [0.2, 0.25) is 0 Å². The van der Waals surface area contributed by atoms with Gasteiger partial charge in [-0.25, -0.2) is 0 Å². The minimum atomic E-state index is -0.297. The topological polar surface area (TPSA) is 11.4 Å². The molecule has 0 fully saturated rings. The van der Waals surface area contributed by atoms with Gasteiger partial charge in [0.1, 0.15) is 0 Å². The van der Waals surface area contributed by atoms with Crippen molar-refractivity contribution in [3.05, 3.63) is 203 Å². The van der Waals surface area contributed by atoms with Gasteiger partial charge in [-0.3, -0.25) is 0 Å². The summed E-state index contributed by atoms with van der Waals surface area (Å²) in [5, 5.41) is 1.33. The highest BCUT2D eigenvalue weighted by Gasteiger charge is 2.49. The Hall–Kier alpha value is -7.04. The molecule has 1 aromatic heterocycles. The summed E-state index contributed by atoms with van der Waals surface area (Å²) in [6.07, 6.45) is 0. The van der Waals surface area contributed by atoms with Crippen molar-refractivity contribution in [3.8, 4) is 33.5 Å². The van der Waals surface area contributed by atoms with Gasteiger partial charge in [-0.1, -0.05) is 206 Å². The molecule has 1 aliphatic carbocycles. The Bertz CT molecular complexity index is 3670. The lowest BCUT2D eigenvalue weighted by Crippen LogP contribution is -2.57. The van der Waals surface area contributed by atoms with E-state index in [4.69, 9.17) is 0 Å². The number of anilines is 6. The third-order valence-electron chi connectivity index (χ3n) is 16.8. The molecule has 3 heterocycles. The summed E-state index contributed by atoms with van der Waals surface area (Å²) in [4.78, 5) is 5.20. The zero-order valence-corrected chi connectivity index (χ0v) is 46.5. The summed E-state index contributed by atoms with van der Waals surface area (Å²) in [6, 6.07) is 63.7. The van der Waals surface area contributed by atoms with Crippen molar-refractivity contribution in [2.75, 3.05) is 9.80 Å². The first-order valence-electron chi connectivity index (χ1n) is 27.0. The fourth-order valence-corrected chi connectivity index (χ4v) is 12.7. The van der Waals surface area contributed by atoms with E-state index < -0.39 is 0 Å². The number of aryl methyl sites for hydroxylation is 1. The molecule has 0 N–H and O–H groups in total. The molecule has 0 radical (unpaired) electrons. The summed E-state index contributed by atoms with van der Waals surface area (Å²) >= 11 is 0. The van der Waals surface area contributed by atoms with Gasteiger partial charge >= 0.3 is 6.85 Å². The number of hydrogen-bond acceptors (Lipinski definition) is 2. The lowest BCUT2D eigenvalue weighted by molar-refractivity contribution is 0.590. The largest absolute Gasteiger partial charge is 0.375 e. The van der Waals surface area contributed by atoms with E-state index in [2.05, 4.69) is 282 Å². The van der Waals surface area contributed by atoms with Crippen LogP contribution in [-0.2, 0) is 27.1 Å². The summed E-state index contributed by atoms with van der Waals surface area (Å²) in [7, 11) is 0. The SMILES string of the molecule is Cc1cc2c3c(c1)N(c1ccc(C(C)(C)C)cc1-c1ccccc1)c1cc(C(C)(C)C)ccc1B3n1c3c(c4c(N(c5ccc(C(C)(C)C)cc5)c5ccc(C(C)(C)C)cc5)ccc-2c41)C(C)(C)c1ccccc1-3. The van der Waals surface area contributed by atoms with Gasteiger partial charge in [-0.2, -0.15) is 0 Å². The second kappa shape index (κ2) is 16.2. The van der Waals surface area contributed by atoms with E-state index in [9.17, 15) is 0 Å². The van der Waals surface area contributed by atoms with Gasteiger partial charge in [0.15, 0.2) is 0 Å². The molecule has 0 atom stereocenters. The monoisotopic (exact) mass is 966 g/mol. The van der Waals surface area contributed by atoms with Crippen LogP contribution in [0.1, 0.15) is 136 Å². The van der Waals surface area contributed by atoms with Gasteiger partial charge in [-0.15, -0.1) is 0 Å². The standard InChI is InChI=1S/C70H72BN3/c1-43-39-54-51-35-38-58(72(49-31-25-45(26-32-49)66(2,3)4)50-33-27-46(28-34-50)67(5,6)7)61-62-65(52-23-19-20-24-55(52)70(62,14)15)74(64(51)61)71-56-36-29-48(69(11,12)13)42-59(56)73(60(40-43)63(54)71)57-37-30-47(68(8,9)10)41-53(57)44-21-17-16-18-22-44/h16-42H,1-15H3. The van der Waals surface area contributed by atoms with Crippen molar-refractivity contribution >= 4 is 62.8 Å². The lowest BCUT2D eigenvalue weighted by Gasteiger charge is -2.42. The number of rotatable bonds is 5. The summed E-state index contributed by atoms with van der Waals surface area (Å²) in [6.45, 7) is 35.0. The fraction of sp³-hybridized carbons (Fsp3) is 0.286. The van der Waals surface area contributed by atoms with Gasteiger partial charge < -0.3 is 14.3 Å². The molecule has 370 valence electrons. The Labute approximate surface area is 442 Å². The Morgan fingerprint density at radius 2 is 1.01 bits per heavy atom. The summed E-state index contributed by atoms with van der Waals surface area (Å²) in [5.74, 6) is 0. The van der Waals surface area contributed by atoms with Crippen LogP contribution in [0.3, 0.4) is 0 Å². The number of fused-ring (bicyclic) bond motifs is 9. The molecule has 0 spiro atoms. The van der Waals surface area contributed by atoms with Crippen molar-refractivity contribution in [2.24, 2.45) is 0 Å². The third kappa shape index (κ3) is 7.29. The highest BCUT2D eigenvalue weighted by atomic mass is 15.2. The molecule has 12 rings (SSSR count). The van der Waals surface area contributed by atoms with E-state index in [-0.39, 0.29) is 33.9 Å². The molecule has 8 aromatic carbocycles. The molecule has 0 unspecified atom stereocenters. The first kappa shape index (κ1) is 47.9. The molecular formula is C70H72BN3. The number of aromatic nitrogens is 1. The average molecular weight is 966 g/mol. The number of hydrogen-bond donors (Lipinski definition) is 0. The number of nitrogens with zero attached hydrogens (tertiary/aromatic N) is 3. The van der Waals surface area contributed by atoms with Crippen LogP contribution in [0.4, 0.5) is 34.1 Å². The zero-order chi connectivity index (χ0) is 52.2. The molecular weight excluding hydrogens is 894 g/mol. The van der Waals surface area contributed by atoms with Crippen molar-refractivity contribution in [1.82, 2.24) is 4.48 Å². The maximum atomic E-state index is 2.82. The molecule has 74 heavy (non-hydrogen) atoms. The molecule has 9 aromatic rings. The van der Waals surface area contributed by atoms with E-state index in [1.807, 2.05) is 0 Å². The van der Waals surface area contributed by atoms with Gasteiger partial charge in [0.25, 0.3) is 0 Å². The summed E-state index contributed by atoms with van der Waals surface area (Å²) in [5.41, 5.74) is 27.9. The van der Waals surface area contributed by atoms with E-state index >= 15 is 0 Å². The summed E-state index contributed by atoms with van der Waals surface area (Å²) < 4.78 is 2.82. The number of benzene rings is 8. The Balaban J connectivity index is 1.21. The van der Waals surface area contributed by atoms with Crippen LogP contribution in [-0.4, -0.2) is 11.3 Å². The predicted molar refractivity (Wildman–Crippen MR) is 320 cm³/mol. The molecule has 0 saturated carbocycles. The Morgan fingerprint density at radius 3 is 1.62 bits per heavy atom. The maximum Gasteiger partial charge on any atom is 0.333 e. The zero-order valence-electron chi connectivity index (χ0n) is 46.5. The normalized spacial score (nSPS) is 14.5. The van der Waals surface area contributed by atoms with Crippen LogP contribution in [0.5, 0.6) is 0 Å². The van der Waals surface area contributed by atoms with Crippen LogP contribution in [0.2, 0.25) is 0 Å². The Morgan fingerprint density at radius 1 is 0.459 bits per heavy atom. The molecule has 2 aliphatic heterocycles. The van der Waals surface area contributed by atoms with Crippen LogP contribution in [0.25, 0.3) is 44.4 Å². The Kier molecular flexibility index (Phi) is 10.5. The molecule has 0 saturated heterocycles. The van der Waals surface area contributed by atoms with E-state index in [0.717, 1.165) is 11.4 Å². The van der Waals surface area contributed by atoms with E-state index in [1.165, 1.54) is 117 Å². The van der Waals surface area contributed by atoms with Crippen LogP contribution in [0, 0.1) is 6.92 Å². The van der Waals surface area contributed by atoms with Gasteiger partial charge in [0.05, 0.1) is 11.4 Å². The first-order valence-corrected chi connectivity index (χ1v) is 27.0.